The molecule has 0 aliphatic carbocycles. The molecule has 0 fully saturated rings. The Morgan fingerprint density at radius 2 is 1.96 bits per heavy atom. The van der Waals surface area contributed by atoms with Crippen molar-refractivity contribution in [3.05, 3.63) is 48.0 Å². The van der Waals surface area contributed by atoms with Crippen molar-refractivity contribution < 1.29 is 13.2 Å². The molecule has 3 heterocycles. The van der Waals surface area contributed by atoms with Crippen molar-refractivity contribution in [3.63, 3.8) is 0 Å². The number of nitrogens with zero attached hydrogens (tertiary/aromatic N) is 5. The quantitative estimate of drug-likeness (QED) is 0.753. The van der Waals surface area contributed by atoms with Gasteiger partial charge in [0.25, 0.3) is 0 Å². The minimum Gasteiger partial charge on any atom is -0.372 e. The van der Waals surface area contributed by atoms with E-state index in [1.54, 1.807) is 36.1 Å². The number of anilines is 3. The highest BCUT2D eigenvalue weighted by Gasteiger charge is 2.35. The summed E-state index contributed by atoms with van der Waals surface area (Å²) >= 11 is 0. The lowest BCUT2D eigenvalue weighted by Gasteiger charge is -2.12. The molecule has 3 aromatic heterocycles. The van der Waals surface area contributed by atoms with Crippen LogP contribution in [0.5, 0.6) is 0 Å². The number of hydrogen-bond donors (Lipinski definition) is 2. The zero-order chi connectivity index (χ0) is 18.0. The molecule has 0 saturated carbocycles. The molecule has 0 atom stereocenters. The molecule has 0 bridgehead atoms. The second-order valence-electron chi connectivity index (χ2n) is 5.09. The van der Waals surface area contributed by atoms with Gasteiger partial charge < -0.3 is 10.6 Å². The van der Waals surface area contributed by atoms with Gasteiger partial charge in [-0.1, -0.05) is 6.07 Å². The van der Waals surface area contributed by atoms with Crippen LogP contribution in [0.4, 0.5) is 30.6 Å². The first-order valence-corrected chi connectivity index (χ1v) is 7.25. The maximum atomic E-state index is 12.9. The van der Waals surface area contributed by atoms with E-state index in [-0.39, 0.29) is 11.8 Å². The molecule has 0 spiro atoms. The monoisotopic (exact) mass is 349 g/mol. The highest BCUT2D eigenvalue weighted by atomic mass is 19.4. The van der Waals surface area contributed by atoms with Gasteiger partial charge in [-0.15, -0.1) is 0 Å². The third kappa shape index (κ3) is 3.52. The topological polar surface area (TPSA) is 80.5 Å². The molecule has 25 heavy (non-hydrogen) atoms. The summed E-state index contributed by atoms with van der Waals surface area (Å²) in [5.41, 5.74) is 0.258. The van der Waals surface area contributed by atoms with E-state index in [0.29, 0.717) is 17.2 Å². The Morgan fingerprint density at radius 3 is 2.60 bits per heavy atom. The van der Waals surface area contributed by atoms with Crippen LogP contribution in [0.1, 0.15) is 11.3 Å². The van der Waals surface area contributed by atoms with Gasteiger partial charge >= 0.3 is 6.18 Å². The van der Waals surface area contributed by atoms with E-state index in [4.69, 9.17) is 0 Å². The maximum absolute atomic E-state index is 12.9. The predicted octanol–water partition coefficient (Wildman–Crippen LogP) is 3.17. The van der Waals surface area contributed by atoms with Gasteiger partial charge in [-0.2, -0.15) is 23.3 Å². The lowest BCUT2D eigenvalue weighted by Crippen LogP contribution is -2.12. The number of hydrogen-bond acceptors (Lipinski definition) is 6. The summed E-state index contributed by atoms with van der Waals surface area (Å²) < 4.78 is 40.2. The highest BCUT2D eigenvalue weighted by molar-refractivity contribution is 5.58. The van der Waals surface area contributed by atoms with Crippen LogP contribution in [0.3, 0.4) is 0 Å². The fraction of sp³-hybridized carbons (Fsp3) is 0.200. The lowest BCUT2D eigenvalue weighted by molar-refractivity contribution is -0.137. The molecule has 2 N–H and O–H groups in total. The van der Waals surface area contributed by atoms with Gasteiger partial charge in [0.2, 0.25) is 5.95 Å². The Hall–Kier alpha value is -3.17. The number of pyridine rings is 1. The molecule has 0 aromatic carbocycles. The molecule has 3 rings (SSSR count). The maximum Gasteiger partial charge on any atom is 0.421 e. The first-order chi connectivity index (χ1) is 11.9. The van der Waals surface area contributed by atoms with Crippen LogP contribution < -0.4 is 10.6 Å². The number of aryl methyl sites for hydroxylation is 1. The van der Waals surface area contributed by atoms with E-state index in [1.165, 1.54) is 7.05 Å². The van der Waals surface area contributed by atoms with Gasteiger partial charge in [0.15, 0.2) is 5.82 Å². The second-order valence-corrected chi connectivity index (χ2v) is 5.09. The van der Waals surface area contributed by atoms with Gasteiger partial charge in [-0.3, -0.25) is 0 Å². The van der Waals surface area contributed by atoms with E-state index >= 15 is 0 Å². The number of aromatic nitrogens is 5. The average Bonchev–Trinajstić information content (AvgIpc) is 2.95. The molecule has 0 radical (unpaired) electrons. The number of halogens is 3. The minimum atomic E-state index is -4.53. The molecule has 10 heteroatoms. The smallest absolute Gasteiger partial charge is 0.372 e. The normalized spacial score (nSPS) is 11.4. The summed E-state index contributed by atoms with van der Waals surface area (Å²) in [5.74, 6) is 0.337. The number of nitrogens with one attached hydrogen (secondary N) is 2. The van der Waals surface area contributed by atoms with Gasteiger partial charge in [0.05, 0.1) is 17.6 Å². The highest BCUT2D eigenvalue weighted by Crippen LogP contribution is 2.33. The third-order valence-corrected chi connectivity index (χ3v) is 3.36. The zero-order valence-corrected chi connectivity index (χ0v) is 13.3. The summed E-state index contributed by atoms with van der Waals surface area (Å²) in [5, 5.41) is 9.62. The Bertz CT molecular complexity index is 875. The predicted molar refractivity (Wildman–Crippen MR) is 86.0 cm³/mol. The fourth-order valence-electron chi connectivity index (χ4n) is 2.15. The van der Waals surface area contributed by atoms with Gasteiger partial charge in [-0.05, 0) is 19.1 Å². The lowest BCUT2D eigenvalue weighted by atomic mass is 10.3. The Labute approximate surface area is 141 Å². The standard InChI is InChI=1S/C15H14F3N7/c1-9-11(8-25(24-9)12-5-3-4-6-20-12)22-14-21-7-10(15(16,17)18)13(19-2)23-14/h3-8H,1-2H3,(H2,19,21,22,23). The van der Waals surface area contributed by atoms with Crippen molar-refractivity contribution >= 4 is 17.5 Å². The number of rotatable bonds is 4. The third-order valence-electron chi connectivity index (χ3n) is 3.36. The van der Waals surface area contributed by atoms with Crippen molar-refractivity contribution in [1.82, 2.24) is 24.7 Å². The SMILES string of the molecule is CNc1nc(Nc2cn(-c3ccccn3)nc2C)ncc1C(F)(F)F. The Morgan fingerprint density at radius 1 is 1.16 bits per heavy atom. The molecule has 0 aliphatic heterocycles. The summed E-state index contributed by atoms with van der Waals surface area (Å²) in [6.07, 6.45) is -0.494. The van der Waals surface area contributed by atoms with Crippen molar-refractivity contribution in [2.75, 3.05) is 17.7 Å². The van der Waals surface area contributed by atoms with Crippen molar-refractivity contribution in [2.24, 2.45) is 0 Å². The first-order valence-electron chi connectivity index (χ1n) is 7.25. The van der Waals surface area contributed by atoms with Crippen LogP contribution in [-0.2, 0) is 6.18 Å². The molecular formula is C15H14F3N7. The van der Waals surface area contributed by atoms with E-state index < -0.39 is 11.7 Å². The van der Waals surface area contributed by atoms with Crippen molar-refractivity contribution in [3.8, 4) is 5.82 Å². The minimum absolute atomic E-state index is 0.0287. The van der Waals surface area contributed by atoms with E-state index in [0.717, 1.165) is 6.20 Å². The van der Waals surface area contributed by atoms with Crippen LogP contribution in [0.25, 0.3) is 5.82 Å². The molecule has 0 amide bonds. The number of alkyl halides is 3. The van der Waals surface area contributed by atoms with E-state index in [2.05, 4.69) is 30.7 Å². The van der Waals surface area contributed by atoms with Gasteiger partial charge in [-0.25, -0.2) is 14.6 Å². The van der Waals surface area contributed by atoms with Crippen LogP contribution >= 0.6 is 0 Å². The molecule has 0 saturated heterocycles. The summed E-state index contributed by atoms with van der Waals surface area (Å²) in [6.45, 7) is 1.75. The van der Waals surface area contributed by atoms with Crippen LogP contribution in [0.2, 0.25) is 0 Å². The van der Waals surface area contributed by atoms with Crippen LogP contribution in [-0.4, -0.2) is 31.8 Å². The molecule has 3 aromatic rings. The van der Waals surface area contributed by atoms with E-state index in [1.807, 2.05) is 6.07 Å². The van der Waals surface area contributed by atoms with Gasteiger partial charge in [0, 0.05) is 19.4 Å². The largest absolute Gasteiger partial charge is 0.421 e. The van der Waals surface area contributed by atoms with Crippen LogP contribution in [0.15, 0.2) is 36.8 Å². The molecule has 0 aliphatic rings. The van der Waals surface area contributed by atoms with Crippen molar-refractivity contribution in [1.29, 1.82) is 0 Å². The summed E-state index contributed by atoms with van der Waals surface area (Å²) in [7, 11) is 1.37. The second kappa shape index (κ2) is 6.38. The Balaban J connectivity index is 1.89. The fourth-order valence-corrected chi connectivity index (χ4v) is 2.15. The molecular weight excluding hydrogens is 335 g/mol. The molecule has 130 valence electrons. The average molecular weight is 349 g/mol. The van der Waals surface area contributed by atoms with Gasteiger partial charge in [0.1, 0.15) is 11.4 Å². The summed E-state index contributed by atoms with van der Waals surface area (Å²) in [6, 6.07) is 5.39. The van der Waals surface area contributed by atoms with Crippen molar-refractivity contribution in [2.45, 2.75) is 13.1 Å². The first kappa shape index (κ1) is 16.7. The van der Waals surface area contributed by atoms with Crippen LogP contribution in [0, 0.1) is 6.92 Å². The Kier molecular flexibility index (Phi) is 4.26. The zero-order valence-electron chi connectivity index (χ0n) is 13.3. The molecule has 0 unspecified atom stereocenters. The summed E-state index contributed by atoms with van der Waals surface area (Å²) in [4.78, 5) is 11.8. The molecule has 7 nitrogen and oxygen atoms in total. The van der Waals surface area contributed by atoms with E-state index in [9.17, 15) is 13.2 Å².